The quantitative estimate of drug-likeness (QED) is 0.542. The molecular weight excluding hydrogens is 476 g/mol. The van der Waals surface area contributed by atoms with Gasteiger partial charge in [0.05, 0.1) is 33.3 Å². The van der Waals surface area contributed by atoms with Gasteiger partial charge in [-0.25, -0.2) is 0 Å². The third-order valence-electron chi connectivity index (χ3n) is 6.72. The van der Waals surface area contributed by atoms with E-state index in [1.165, 1.54) is 14.2 Å². The van der Waals surface area contributed by atoms with Crippen molar-refractivity contribution in [2.75, 3.05) is 46.9 Å². The third kappa shape index (κ3) is 4.37. The van der Waals surface area contributed by atoms with Crippen LogP contribution in [-0.4, -0.2) is 58.3 Å². The molecule has 2 aliphatic rings. The Labute approximate surface area is 214 Å². The number of fused-ring (bicyclic) bond motifs is 2. The molecule has 2 atom stereocenters. The Morgan fingerprint density at radius 1 is 0.892 bits per heavy atom. The zero-order valence-electron chi connectivity index (χ0n) is 21.1. The smallest absolute Gasteiger partial charge is 0.254 e. The van der Waals surface area contributed by atoms with Crippen LogP contribution in [0.5, 0.6) is 28.7 Å². The minimum Gasteiger partial charge on any atom is -0.497 e. The van der Waals surface area contributed by atoms with Crippen molar-refractivity contribution in [2.45, 2.75) is 12.0 Å². The van der Waals surface area contributed by atoms with Gasteiger partial charge >= 0.3 is 0 Å². The van der Waals surface area contributed by atoms with Gasteiger partial charge in [-0.05, 0) is 47.5 Å². The first kappa shape index (κ1) is 24.3. The van der Waals surface area contributed by atoms with Crippen LogP contribution in [0.15, 0.2) is 54.6 Å². The fourth-order valence-electron chi connectivity index (χ4n) is 4.89. The molecular formula is C28H28N2O7. The number of nitrogens with one attached hydrogen (secondary N) is 1. The number of hydrogen-bond acceptors (Lipinski definition) is 7. The molecule has 0 saturated carbocycles. The lowest BCUT2D eigenvalue weighted by atomic mass is 9.79. The number of amides is 2. The highest BCUT2D eigenvalue weighted by atomic mass is 16.6. The van der Waals surface area contributed by atoms with E-state index in [0.29, 0.717) is 58.8 Å². The van der Waals surface area contributed by atoms with E-state index in [9.17, 15) is 9.59 Å². The van der Waals surface area contributed by atoms with Crippen molar-refractivity contribution in [2.24, 2.45) is 0 Å². The maximum Gasteiger partial charge on any atom is 0.254 e. The number of rotatable bonds is 6. The predicted molar refractivity (Wildman–Crippen MR) is 136 cm³/mol. The normalized spacial score (nSPS) is 18.1. The predicted octanol–water partition coefficient (Wildman–Crippen LogP) is 4.03. The number of likely N-dealkylation sites (N-methyl/N-ethyl adjacent to an activating group) is 1. The minimum absolute atomic E-state index is 0.222. The highest BCUT2D eigenvalue weighted by Gasteiger charge is 2.43. The molecule has 0 spiro atoms. The summed E-state index contributed by atoms with van der Waals surface area (Å²) in [7, 11) is 6.31. The van der Waals surface area contributed by atoms with E-state index in [4.69, 9.17) is 23.7 Å². The molecule has 37 heavy (non-hydrogen) atoms. The van der Waals surface area contributed by atoms with Crippen LogP contribution in [0, 0.1) is 0 Å². The van der Waals surface area contributed by atoms with Crippen LogP contribution in [-0.2, 0) is 4.79 Å². The van der Waals surface area contributed by atoms with Gasteiger partial charge in [0.2, 0.25) is 5.91 Å². The van der Waals surface area contributed by atoms with Gasteiger partial charge in [0, 0.05) is 24.4 Å². The van der Waals surface area contributed by atoms with E-state index in [0.717, 1.165) is 5.56 Å². The van der Waals surface area contributed by atoms with Crippen LogP contribution in [0.2, 0.25) is 0 Å². The fraction of sp³-hybridized carbons (Fsp3) is 0.286. The Hall–Kier alpha value is -4.40. The van der Waals surface area contributed by atoms with Crippen molar-refractivity contribution < 1.29 is 33.3 Å². The molecule has 0 fully saturated rings. The van der Waals surface area contributed by atoms with Crippen LogP contribution in [0.1, 0.15) is 33.4 Å². The van der Waals surface area contributed by atoms with Crippen molar-refractivity contribution in [1.29, 1.82) is 0 Å². The molecule has 0 bridgehead atoms. The number of carbonyl (C=O) groups excluding carboxylic acids is 2. The second kappa shape index (κ2) is 9.93. The summed E-state index contributed by atoms with van der Waals surface area (Å²) < 4.78 is 27.5. The first-order valence-electron chi connectivity index (χ1n) is 11.8. The van der Waals surface area contributed by atoms with Crippen LogP contribution < -0.4 is 29.0 Å². The molecule has 0 aromatic heterocycles. The fourth-order valence-corrected chi connectivity index (χ4v) is 4.89. The Morgan fingerprint density at radius 3 is 2.24 bits per heavy atom. The maximum absolute atomic E-state index is 14.0. The molecule has 0 radical (unpaired) electrons. The van der Waals surface area contributed by atoms with E-state index in [-0.39, 0.29) is 11.8 Å². The summed E-state index contributed by atoms with van der Waals surface area (Å²) >= 11 is 0. The van der Waals surface area contributed by atoms with Gasteiger partial charge in [-0.1, -0.05) is 12.1 Å². The van der Waals surface area contributed by atoms with Gasteiger partial charge in [-0.3, -0.25) is 9.59 Å². The van der Waals surface area contributed by atoms with Crippen molar-refractivity contribution >= 4 is 17.5 Å². The van der Waals surface area contributed by atoms with Gasteiger partial charge in [0.15, 0.2) is 23.0 Å². The molecule has 0 saturated heterocycles. The molecule has 3 aromatic carbocycles. The lowest BCUT2D eigenvalue weighted by Gasteiger charge is -2.40. The number of benzene rings is 3. The zero-order valence-corrected chi connectivity index (χ0v) is 21.1. The Morgan fingerprint density at radius 2 is 1.57 bits per heavy atom. The van der Waals surface area contributed by atoms with Gasteiger partial charge in [-0.15, -0.1) is 0 Å². The lowest BCUT2D eigenvalue weighted by molar-refractivity contribution is -0.119. The average molecular weight is 505 g/mol. The van der Waals surface area contributed by atoms with E-state index in [1.807, 2.05) is 24.3 Å². The van der Waals surface area contributed by atoms with E-state index in [1.54, 1.807) is 49.4 Å². The molecule has 9 heteroatoms. The average Bonchev–Trinajstić information content (AvgIpc) is 2.94. The summed E-state index contributed by atoms with van der Waals surface area (Å²) in [5.41, 5.74) is 2.28. The maximum atomic E-state index is 14.0. The molecule has 2 aliphatic heterocycles. The van der Waals surface area contributed by atoms with E-state index < -0.39 is 12.0 Å². The first-order valence-corrected chi connectivity index (χ1v) is 11.8. The number of carbonyl (C=O) groups is 2. The second-order valence-electron chi connectivity index (χ2n) is 8.75. The highest BCUT2D eigenvalue weighted by molar-refractivity contribution is 6.05. The van der Waals surface area contributed by atoms with Gasteiger partial charge in [0.1, 0.15) is 19.0 Å². The van der Waals surface area contributed by atoms with Crippen molar-refractivity contribution in [3.8, 4) is 28.7 Å². The Balaban J connectivity index is 1.60. The van der Waals surface area contributed by atoms with Crippen LogP contribution in [0.3, 0.4) is 0 Å². The molecule has 1 N–H and O–H groups in total. The molecule has 5 rings (SSSR count). The molecule has 192 valence electrons. The number of ether oxygens (including phenoxy) is 5. The van der Waals surface area contributed by atoms with Crippen molar-refractivity contribution in [3.05, 3.63) is 71.3 Å². The van der Waals surface area contributed by atoms with Crippen molar-refractivity contribution in [1.82, 2.24) is 4.90 Å². The molecule has 9 nitrogen and oxygen atoms in total. The molecule has 2 amide bonds. The van der Waals surface area contributed by atoms with Crippen LogP contribution in [0.25, 0.3) is 0 Å². The molecule has 3 aromatic rings. The summed E-state index contributed by atoms with van der Waals surface area (Å²) in [6.45, 7) is 0.918. The largest absolute Gasteiger partial charge is 0.497 e. The number of hydrogen-bond donors (Lipinski definition) is 1. The van der Waals surface area contributed by atoms with E-state index in [2.05, 4.69) is 5.32 Å². The lowest BCUT2D eigenvalue weighted by Crippen LogP contribution is -2.44. The van der Waals surface area contributed by atoms with Crippen LogP contribution in [0.4, 0.5) is 5.69 Å². The SMILES string of the molecule is COc1ccc([C@H]2[C@H](C(=O)Nc3ccc4c(c3)OCCO4)c3cc(OC)c(OC)cc3C(=O)N2C)cc1. The monoisotopic (exact) mass is 504 g/mol. The number of nitrogens with zero attached hydrogens (tertiary/aromatic N) is 1. The van der Waals surface area contributed by atoms with Crippen LogP contribution >= 0.6 is 0 Å². The topological polar surface area (TPSA) is 95.6 Å². The van der Waals surface area contributed by atoms with E-state index >= 15 is 0 Å². The summed E-state index contributed by atoms with van der Waals surface area (Å²) in [6.07, 6.45) is 0. The highest BCUT2D eigenvalue weighted by Crippen LogP contribution is 2.46. The van der Waals surface area contributed by atoms with Gasteiger partial charge in [-0.2, -0.15) is 0 Å². The Bertz CT molecular complexity index is 1340. The molecule has 0 unspecified atom stereocenters. The summed E-state index contributed by atoms with van der Waals surface area (Å²) in [6, 6.07) is 15.4. The summed E-state index contributed by atoms with van der Waals surface area (Å²) in [5.74, 6) is 1.47. The van der Waals surface area contributed by atoms with Gasteiger partial charge < -0.3 is 33.9 Å². The van der Waals surface area contributed by atoms with Gasteiger partial charge in [0.25, 0.3) is 5.91 Å². The standard InChI is InChI=1S/C28H28N2O7/c1-30-26(16-5-8-18(33-2)9-6-16)25(19-14-22(34-3)23(35-4)15-20(19)28(30)32)27(31)29-17-7-10-21-24(13-17)37-12-11-36-21/h5-10,13-15,25-26H,11-12H2,1-4H3,(H,29,31)/t25-,26+/m1/s1. The summed E-state index contributed by atoms with van der Waals surface area (Å²) in [5, 5.41) is 3.02. The van der Waals surface area contributed by atoms with Crippen molar-refractivity contribution in [3.63, 3.8) is 0 Å². The second-order valence-corrected chi connectivity index (χ2v) is 8.75. The zero-order chi connectivity index (χ0) is 26.1. The minimum atomic E-state index is -0.751. The molecule has 0 aliphatic carbocycles. The first-order chi connectivity index (χ1) is 17.9. The Kier molecular flexibility index (Phi) is 6.52. The third-order valence-corrected chi connectivity index (χ3v) is 6.72. The molecule has 2 heterocycles. The number of methoxy groups -OCH3 is 3. The summed E-state index contributed by atoms with van der Waals surface area (Å²) in [4.78, 5) is 29.1. The number of anilines is 1.